The van der Waals surface area contributed by atoms with Crippen molar-refractivity contribution in [2.45, 2.75) is 6.61 Å². The molecule has 3 aromatic carbocycles. The Morgan fingerprint density at radius 3 is 2.43 bits per heavy atom. The number of piperazine rings is 1. The summed E-state index contributed by atoms with van der Waals surface area (Å²) in [5.41, 5.74) is 2.13. The van der Waals surface area contributed by atoms with Crippen LogP contribution in [0, 0.1) is 17.1 Å². The molecule has 35 heavy (non-hydrogen) atoms. The number of carbonyl (C=O) groups is 1. The Labute approximate surface area is 217 Å². The number of benzene rings is 3. The predicted octanol–water partition coefficient (Wildman–Crippen LogP) is 6.08. The molecule has 1 saturated heterocycles. The Balaban J connectivity index is 1.44. The van der Waals surface area contributed by atoms with E-state index in [1.807, 2.05) is 36.4 Å². The normalized spacial score (nSPS) is 13.9. The fraction of sp³-hybridized carbons (Fsp3) is 0.185. The maximum absolute atomic E-state index is 13.9. The molecular weight excluding hydrogens is 533 g/mol. The minimum Gasteiger partial charge on any atom is -0.486 e. The molecule has 1 amide bonds. The smallest absolute Gasteiger partial charge is 0.264 e. The molecule has 0 aromatic heterocycles. The zero-order valence-electron chi connectivity index (χ0n) is 18.8. The van der Waals surface area contributed by atoms with Crippen LogP contribution < -0.4 is 9.64 Å². The van der Waals surface area contributed by atoms with Crippen molar-refractivity contribution in [1.82, 2.24) is 4.90 Å². The number of hydrogen-bond acceptors (Lipinski definition) is 4. The molecule has 0 bridgehead atoms. The highest BCUT2D eigenvalue weighted by molar-refractivity contribution is 9.10. The summed E-state index contributed by atoms with van der Waals surface area (Å²) in [6, 6.07) is 21.7. The molecule has 4 rings (SSSR count). The molecule has 8 heteroatoms. The van der Waals surface area contributed by atoms with Gasteiger partial charge >= 0.3 is 0 Å². The first-order valence-electron chi connectivity index (χ1n) is 11.0. The molecule has 0 aliphatic carbocycles. The second-order valence-corrected chi connectivity index (χ2v) is 9.24. The van der Waals surface area contributed by atoms with Gasteiger partial charge in [0, 0.05) is 37.4 Å². The molecule has 1 heterocycles. The van der Waals surface area contributed by atoms with Crippen LogP contribution in [0.3, 0.4) is 0 Å². The summed E-state index contributed by atoms with van der Waals surface area (Å²) in [6.45, 7) is 2.46. The summed E-state index contributed by atoms with van der Waals surface area (Å²) in [5, 5.41) is 9.95. The average Bonchev–Trinajstić information content (AvgIpc) is 2.88. The molecule has 0 atom stereocenters. The average molecular weight is 555 g/mol. The Hall–Kier alpha value is -3.34. The van der Waals surface area contributed by atoms with Gasteiger partial charge < -0.3 is 14.5 Å². The maximum atomic E-state index is 13.9. The Morgan fingerprint density at radius 2 is 1.77 bits per heavy atom. The Bertz CT molecular complexity index is 1260. The van der Waals surface area contributed by atoms with E-state index < -0.39 is 0 Å². The third-order valence-corrected chi connectivity index (χ3v) is 6.57. The lowest BCUT2D eigenvalue weighted by Crippen LogP contribution is -2.49. The van der Waals surface area contributed by atoms with E-state index in [1.165, 1.54) is 12.1 Å². The minimum atomic E-state index is -0.360. The summed E-state index contributed by atoms with van der Waals surface area (Å²) < 4.78 is 20.1. The van der Waals surface area contributed by atoms with Crippen molar-refractivity contribution < 1.29 is 13.9 Å². The molecule has 0 radical (unpaired) electrons. The quantitative estimate of drug-likeness (QED) is 0.274. The summed E-state index contributed by atoms with van der Waals surface area (Å²) in [7, 11) is 0. The molecule has 1 aliphatic rings. The van der Waals surface area contributed by atoms with Gasteiger partial charge in [-0.3, -0.25) is 4.79 Å². The van der Waals surface area contributed by atoms with E-state index in [4.69, 9.17) is 16.3 Å². The molecular formula is C27H22BrClFN3O2. The molecule has 0 spiro atoms. The SMILES string of the molecule is N#C/C(=C/c1cc(Cl)c(OCc2ccccc2F)c(Br)c1)C(=O)N1CCN(c2ccccc2)CC1. The third-order valence-electron chi connectivity index (χ3n) is 5.70. The van der Waals surface area contributed by atoms with E-state index >= 15 is 0 Å². The standard InChI is InChI=1S/C27H22BrClFN3O2/c28-23-15-19(16-24(29)26(23)35-18-20-6-4-5-9-25(20)30)14-21(17-31)27(34)33-12-10-32(11-13-33)22-7-2-1-3-8-22/h1-9,14-16H,10-13,18H2/b21-14-. The highest BCUT2D eigenvalue weighted by Gasteiger charge is 2.24. The number of rotatable bonds is 6. The number of para-hydroxylation sites is 1. The number of ether oxygens (including phenoxy) is 1. The first-order chi connectivity index (χ1) is 17.0. The van der Waals surface area contributed by atoms with E-state index in [0.717, 1.165) is 5.69 Å². The van der Waals surface area contributed by atoms with Crippen molar-refractivity contribution in [2.75, 3.05) is 31.1 Å². The van der Waals surface area contributed by atoms with Gasteiger partial charge in [-0.15, -0.1) is 0 Å². The molecule has 1 fully saturated rings. The molecule has 5 nitrogen and oxygen atoms in total. The molecule has 3 aromatic rings. The zero-order valence-corrected chi connectivity index (χ0v) is 21.1. The molecule has 1 aliphatic heterocycles. The number of anilines is 1. The lowest BCUT2D eigenvalue weighted by molar-refractivity contribution is -0.126. The van der Waals surface area contributed by atoms with Crippen molar-refractivity contribution in [1.29, 1.82) is 5.26 Å². The van der Waals surface area contributed by atoms with E-state index in [9.17, 15) is 14.4 Å². The van der Waals surface area contributed by atoms with Crippen LogP contribution in [0.15, 0.2) is 76.8 Å². The Kier molecular flexibility index (Phi) is 8.06. The summed E-state index contributed by atoms with van der Waals surface area (Å²) in [6.07, 6.45) is 1.52. The van der Waals surface area contributed by atoms with Gasteiger partial charge in [0.15, 0.2) is 5.75 Å². The zero-order chi connectivity index (χ0) is 24.8. The van der Waals surface area contributed by atoms with Gasteiger partial charge in [0.1, 0.15) is 24.1 Å². The second-order valence-electron chi connectivity index (χ2n) is 7.98. The maximum Gasteiger partial charge on any atom is 0.264 e. The highest BCUT2D eigenvalue weighted by atomic mass is 79.9. The minimum absolute atomic E-state index is 0.0110. The van der Waals surface area contributed by atoms with Crippen molar-refractivity contribution >= 4 is 45.2 Å². The van der Waals surface area contributed by atoms with Crippen LogP contribution in [0.4, 0.5) is 10.1 Å². The fourth-order valence-corrected chi connectivity index (χ4v) is 4.84. The number of carbonyl (C=O) groups excluding carboxylic acids is 1. The largest absolute Gasteiger partial charge is 0.486 e. The van der Waals surface area contributed by atoms with Crippen molar-refractivity contribution in [2.24, 2.45) is 0 Å². The van der Waals surface area contributed by atoms with E-state index in [2.05, 4.69) is 20.8 Å². The molecule has 0 unspecified atom stereocenters. The van der Waals surface area contributed by atoms with Crippen LogP contribution in [0.1, 0.15) is 11.1 Å². The van der Waals surface area contributed by atoms with Gasteiger partial charge in [0.05, 0.1) is 9.50 Å². The van der Waals surface area contributed by atoms with Crippen LogP contribution >= 0.6 is 27.5 Å². The van der Waals surface area contributed by atoms with Gasteiger partial charge in [-0.05, 0) is 57.9 Å². The van der Waals surface area contributed by atoms with Crippen molar-refractivity contribution in [3.8, 4) is 11.8 Å². The second kappa shape index (κ2) is 11.4. The fourth-order valence-electron chi connectivity index (χ4n) is 3.85. The summed E-state index contributed by atoms with van der Waals surface area (Å²) >= 11 is 9.84. The van der Waals surface area contributed by atoms with Crippen LogP contribution in [0.5, 0.6) is 5.75 Å². The summed E-state index contributed by atoms with van der Waals surface area (Å²) in [4.78, 5) is 16.9. The van der Waals surface area contributed by atoms with Crippen LogP contribution in [-0.4, -0.2) is 37.0 Å². The number of nitrogens with zero attached hydrogens (tertiary/aromatic N) is 3. The lowest BCUT2D eigenvalue weighted by Gasteiger charge is -2.36. The van der Waals surface area contributed by atoms with Gasteiger partial charge in [-0.25, -0.2) is 4.39 Å². The topological polar surface area (TPSA) is 56.6 Å². The summed E-state index contributed by atoms with van der Waals surface area (Å²) in [5.74, 6) is -0.317. The first-order valence-corrected chi connectivity index (χ1v) is 12.2. The number of nitriles is 1. The third kappa shape index (κ3) is 6.02. The van der Waals surface area contributed by atoms with Crippen molar-refractivity contribution in [3.05, 3.63) is 98.7 Å². The number of hydrogen-bond donors (Lipinski definition) is 0. The van der Waals surface area contributed by atoms with Crippen molar-refractivity contribution in [3.63, 3.8) is 0 Å². The molecule has 178 valence electrons. The molecule has 0 N–H and O–H groups in total. The van der Waals surface area contributed by atoms with Crippen LogP contribution in [0.2, 0.25) is 5.02 Å². The van der Waals surface area contributed by atoms with Crippen LogP contribution in [-0.2, 0) is 11.4 Å². The van der Waals surface area contributed by atoms with Gasteiger partial charge in [-0.2, -0.15) is 5.26 Å². The van der Waals surface area contributed by atoms with Gasteiger partial charge in [-0.1, -0.05) is 48.0 Å². The number of amides is 1. The predicted molar refractivity (Wildman–Crippen MR) is 139 cm³/mol. The van der Waals surface area contributed by atoms with E-state index in [1.54, 1.807) is 35.2 Å². The first kappa shape index (κ1) is 24.8. The van der Waals surface area contributed by atoms with E-state index in [-0.39, 0.29) is 28.9 Å². The monoisotopic (exact) mass is 553 g/mol. The Morgan fingerprint density at radius 1 is 1.09 bits per heavy atom. The van der Waals surface area contributed by atoms with Gasteiger partial charge in [0.2, 0.25) is 0 Å². The number of halogens is 3. The van der Waals surface area contributed by atoms with Crippen LogP contribution in [0.25, 0.3) is 6.08 Å². The lowest BCUT2D eigenvalue weighted by atomic mass is 10.1. The van der Waals surface area contributed by atoms with E-state index in [0.29, 0.717) is 47.5 Å². The highest BCUT2D eigenvalue weighted by Crippen LogP contribution is 2.36. The van der Waals surface area contributed by atoms with Gasteiger partial charge in [0.25, 0.3) is 5.91 Å². The molecule has 0 saturated carbocycles.